The Kier molecular flexibility index (Phi) is 6.98. The molecule has 1 saturated heterocycles. The van der Waals surface area contributed by atoms with Crippen LogP contribution in [0.3, 0.4) is 0 Å². The van der Waals surface area contributed by atoms with Crippen LogP contribution in [0.4, 0.5) is 18.9 Å². The van der Waals surface area contributed by atoms with Gasteiger partial charge in [0.25, 0.3) is 11.8 Å². The van der Waals surface area contributed by atoms with Gasteiger partial charge in [-0.05, 0) is 67.1 Å². The molecule has 0 radical (unpaired) electrons. The zero-order valence-electron chi connectivity index (χ0n) is 21.3. The predicted molar refractivity (Wildman–Crippen MR) is 138 cm³/mol. The number of ether oxygens (including phenoxy) is 1. The number of likely N-dealkylation sites (tertiary alicyclic amines) is 1. The van der Waals surface area contributed by atoms with Crippen molar-refractivity contribution in [3.63, 3.8) is 0 Å². The number of aromatic nitrogens is 3. The highest BCUT2D eigenvalue weighted by Gasteiger charge is 2.35. The molecule has 3 aromatic heterocycles. The van der Waals surface area contributed by atoms with Crippen LogP contribution < -0.4 is 10.1 Å². The summed E-state index contributed by atoms with van der Waals surface area (Å²) in [6, 6.07) is 13.4. The van der Waals surface area contributed by atoms with Crippen molar-refractivity contribution in [1.29, 1.82) is 0 Å². The van der Waals surface area contributed by atoms with E-state index in [1.807, 2.05) is 49.5 Å². The number of nitrogens with zero attached hydrogens (tertiary/aromatic N) is 4. The highest BCUT2D eigenvalue weighted by atomic mass is 19.4. The van der Waals surface area contributed by atoms with Crippen molar-refractivity contribution in [2.45, 2.75) is 31.9 Å². The molecule has 1 aromatic carbocycles. The lowest BCUT2D eigenvalue weighted by molar-refractivity contribution is -0.141. The number of amides is 2. The smallest absolute Gasteiger partial charge is 0.433 e. The van der Waals surface area contributed by atoms with Crippen molar-refractivity contribution in [3.8, 4) is 5.88 Å². The number of methoxy groups -OCH3 is 1. The molecule has 0 bridgehead atoms. The number of anilines is 1. The number of pyridine rings is 2. The van der Waals surface area contributed by atoms with Crippen molar-refractivity contribution >= 4 is 23.0 Å². The quantitative estimate of drug-likeness (QED) is 0.372. The molecular weight excluding hydrogens is 511 g/mol. The van der Waals surface area contributed by atoms with Gasteiger partial charge in [0, 0.05) is 36.6 Å². The normalized spacial score (nSPS) is 14.4. The summed E-state index contributed by atoms with van der Waals surface area (Å²) in [5.74, 6) is -0.816. The molecule has 2 amide bonds. The van der Waals surface area contributed by atoms with Gasteiger partial charge in [0.1, 0.15) is 5.69 Å². The lowest BCUT2D eigenvalue weighted by Crippen LogP contribution is -2.38. The average molecular weight is 538 g/mol. The monoisotopic (exact) mass is 537 g/mol. The molecule has 39 heavy (non-hydrogen) atoms. The van der Waals surface area contributed by atoms with E-state index < -0.39 is 17.8 Å². The largest absolute Gasteiger partial charge is 0.481 e. The summed E-state index contributed by atoms with van der Waals surface area (Å²) >= 11 is 0. The summed E-state index contributed by atoms with van der Waals surface area (Å²) in [7, 11) is 1.21. The van der Waals surface area contributed by atoms with Crippen LogP contribution in [0.2, 0.25) is 0 Å². The van der Waals surface area contributed by atoms with Gasteiger partial charge >= 0.3 is 6.18 Å². The molecule has 1 fully saturated rings. The third-order valence-electron chi connectivity index (χ3n) is 6.89. The molecule has 202 valence electrons. The number of hydrogen-bond acceptors (Lipinski definition) is 5. The minimum atomic E-state index is -4.69. The summed E-state index contributed by atoms with van der Waals surface area (Å²) in [6.45, 7) is 2.76. The van der Waals surface area contributed by atoms with E-state index >= 15 is 0 Å². The van der Waals surface area contributed by atoms with Gasteiger partial charge in [-0.15, -0.1) is 0 Å². The third-order valence-corrected chi connectivity index (χ3v) is 6.89. The summed E-state index contributed by atoms with van der Waals surface area (Å²) in [5.41, 5.74) is 2.69. The molecule has 1 aliphatic heterocycles. The molecule has 4 heterocycles. The van der Waals surface area contributed by atoms with Crippen molar-refractivity contribution in [2.75, 3.05) is 25.5 Å². The Labute approximate surface area is 222 Å². The molecule has 1 N–H and O–H groups in total. The standard InChI is InChI=1S/C28H26F3N5O3/c1-17-7-12-36-23(13-17)22(16-32-36)26(37)33-21-5-3-18(4-6-21)19-8-10-35(11-9-19)27(38)20-14-24(28(29,30)31)34-25(15-20)39-2/h3-7,12-16,19H,8-11H2,1-2H3,(H,33,37). The number of carbonyl (C=O) groups is 2. The van der Waals surface area contributed by atoms with Gasteiger partial charge in [0.2, 0.25) is 5.88 Å². The van der Waals surface area contributed by atoms with Crippen LogP contribution in [0.1, 0.15) is 56.3 Å². The van der Waals surface area contributed by atoms with Crippen molar-refractivity contribution in [1.82, 2.24) is 19.5 Å². The van der Waals surface area contributed by atoms with Gasteiger partial charge in [0.15, 0.2) is 0 Å². The van der Waals surface area contributed by atoms with Gasteiger partial charge < -0.3 is 15.0 Å². The zero-order chi connectivity index (χ0) is 27.7. The Bertz CT molecular complexity index is 1520. The molecule has 0 unspecified atom stereocenters. The number of piperidine rings is 1. The van der Waals surface area contributed by atoms with Crippen LogP contribution in [0.5, 0.6) is 5.88 Å². The van der Waals surface area contributed by atoms with E-state index in [1.165, 1.54) is 13.2 Å². The first-order chi connectivity index (χ1) is 18.6. The molecule has 11 heteroatoms. The highest BCUT2D eigenvalue weighted by Crippen LogP contribution is 2.32. The topological polar surface area (TPSA) is 88.8 Å². The minimum absolute atomic E-state index is 0.103. The number of benzene rings is 1. The van der Waals surface area contributed by atoms with E-state index in [-0.39, 0.29) is 23.3 Å². The molecule has 0 aliphatic carbocycles. The number of aryl methyl sites for hydroxylation is 1. The van der Waals surface area contributed by atoms with Gasteiger partial charge in [-0.3, -0.25) is 9.59 Å². The third kappa shape index (κ3) is 5.57. The average Bonchev–Trinajstić information content (AvgIpc) is 3.35. The number of rotatable bonds is 5. The minimum Gasteiger partial charge on any atom is -0.481 e. The Morgan fingerprint density at radius 2 is 1.77 bits per heavy atom. The van der Waals surface area contributed by atoms with E-state index in [1.54, 1.807) is 15.6 Å². The number of carbonyl (C=O) groups excluding carboxylic acids is 2. The Morgan fingerprint density at radius 1 is 1.05 bits per heavy atom. The molecule has 0 atom stereocenters. The van der Waals surface area contributed by atoms with Crippen molar-refractivity contribution in [2.24, 2.45) is 0 Å². The molecule has 0 saturated carbocycles. The second-order valence-corrected chi connectivity index (χ2v) is 9.52. The van der Waals surface area contributed by atoms with Crippen LogP contribution in [0.25, 0.3) is 5.52 Å². The molecular formula is C28H26F3N5O3. The lowest BCUT2D eigenvalue weighted by Gasteiger charge is -2.32. The molecule has 4 aromatic rings. The molecule has 0 spiro atoms. The van der Waals surface area contributed by atoms with E-state index in [9.17, 15) is 22.8 Å². The van der Waals surface area contributed by atoms with E-state index in [0.29, 0.717) is 37.2 Å². The molecule has 1 aliphatic rings. The number of hydrogen-bond donors (Lipinski definition) is 1. The SMILES string of the molecule is COc1cc(C(=O)N2CCC(c3ccc(NC(=O)c4cnn5ccc(C)cc45)cc3)CC2)cc(C(F)(F)F)n1. The van der Waals surface area contributed by atoms with Gasteiger partial charge in [-0.25, -0.2) is 9.50 Å². The van der Waals surface area contributed by atoms with Gasteiger partial charge in [-0.2, -0.15) is 18.3 Å². The summed E-state index contributed by atoms with van der Waals surface area (Å²) < 4.78 is 46.1. The fraction of sp³-hybridized carbons (Fsp3) is 0.286. The maximum atomic E-state index is 13.2. The van der Waals surface area contributed by atoms with Crippen LogP contribution >= 0.6 is 0 Å². The second kappa shape index (κ2) is 10.4. The predicted octanol–water partition coefficient (Wildman–Crippen LogP) is 5.34. The van der Waals surface area contributed by atoms with Crippen LogP contribution in [0, 0.1) is 6.92 Å². The summed E-state index contributed by atoms with van der Waals surface area (Å²) in [4.78, 5) is 30.8. The zero-order valence-corrected chi connectivity index (χ0v) is 21.3. The van der Waals surface area contributed by atoms with Crippen LogP contribution in [-0.4, -0.2) is 51.5 Å². The Balaban J connectivity index is 1.21. The summed E-state index contributed by atoms with van der Waals surface area (Å²) in [6.07, 6.45) is -0.0164. The van der Waals surface area contributed by atoms with E-state index in [2.05, 4.69) is 15.4 Å². The molecule has 5 rings (SSSR count). The second-order valence-electron chi connectivity index (χ2n) is 9.52. The fourth-order valence-electron chi connectivity index (χ4n) is 4.78. The van der Waals surface area contributed by atoms with E-state index in [0.717, 1.165) is 22.7 Å². The number of halogens is 3. The first-order valence-corrected chi connectivity index (χ1v) is 12.4. The van der Waals surface area contributed by atoms with Crippen LogP contribution in [0.15, 0.2) is 60.9 Å². The molecule has 8 nitrogen and oxygen atoms in total. The van der Waals surface area contributed by atoms with Crippen molar-refractivity contribution in [3.05, 3.63) is 88.9 Å². The first-order valence-electron chi connectivity index (χ1n) is 12.4. The Morgan fingerprint density at radius 3 is 2.44 bits per heavy atom. The van der Waals surface area contributed by atoms with Gasteiger partial charge in [-0.1, -0.05) is 12.1 Å². The maximum Gasteiger partial charge on any atom is 0.433 e. The number of fused-ring (bicyclic) bond motifs is 1. The first kappa shape index (κ1) is 26.2. The van der Waals surface area contributed by atoms with Crippen molar-refractivity contribution < 1.29 is 27.5 Å². The van der Waals surface area contributed by atoms with Gasteiger partial charge in [0.05, 0.1) is 24.4 Å². The maximum absolute atomic E-state index is 13.2. The Hall–Kier alpha value is -4.41. The van der Waals surface area contributed by atoms with Crippen LogP contribution in [-0.2, 0) is 6.18 Å². The number of nitrogens with one attached hydrogen (secondary N) is 1. The van der Waals surface area contributed by atoms with E-state index in [4.69, 9.17) is 4.74 Å². The lowest BCUT2D eigenvalue weighted by atomic mass is 9.89. The number of alkyl halides is 3. The summed E-state index contributed by atoms with van der Waals surface area (Å²) in [5, 5.41) is 7.14. The fourth-order valence-corrected chi connectivity index (χ4v) is 4.78. The highest BCUT2D eigenvalue weighted by molar-refractivity contribution is 6.08.